The fourth-order valence-corrected chi connectivity index (χ4v) is 7.07. The van der Waals surface area contributed by atoms with Crippen LogP contribution in [0.4, 0.5) is 10.7 Å². The predicted molar refractivity (Wildman–Crippen MR) is 188 cm³/mol. The zero-order valence-electron chi connectivity index (χ0n) is 28.4. The molecular formula is C35H42N4O7SSi. The molecule has 0 saturated heterocycles. The van der Waals surface area contributed by atoms with Crippen LogP contribution in [-0.4, -0.2) is 55.8 Å². The number of nitrogens with one attached hydrogen (secondary N) is 2. The van der Waals surface area contributed by atoms with Gasteiger partial charge in [-0.15, -0.1) is 0 Å². The fraction of sp³-hybridized carbons (Fsp3) is 0.314. The maximum atomic E-state index is 13.4. The molecule has 0 bridgehead atoms. The lowest BCUT2D eigenvalue weighted by Gasteiger charge is -2.24. The van der Waals surface area contributed by atoms with Crippen LogP contribution in [0.3, 0.4) is 0 Å². The molecule has 1 heterocycles. The summed E-state index contributed by atoms with van der Waals surface area (Å²) in [4.78, 5) is 32.8. The number of carbonyl (C=O) groups excluding carboxylic acids is 1. The van der Waals surface area contributed by atoms with Crippen LogP contribution in [0.25, 0.3) is 11.3 Å². The number of aryl methyl sites for hydroxylation is 2. The smallest absolute Gasteiger partial charge is 0.407 e. The number of amides is 1. The minimum atomic E-state index is -4.31. The zero-order chi connectivity index (χ0) is 35.4. The molecule has 3 aromatic carbocycles. The largest absolute Gasteiger partial charge is 0.478 e. The van der Waals surface area contributed by atoms with E-state index < -0.39 is 41.9 Å². The Morgan fingerprint density at radius 1 is 0.917 bits per heavy atom. The van der Waals surface area contributed by atoms with E-state index in [1.807, 2.05) is 44.2 Å². The third kappa shape index (κ3) is 9.41. The van der Waals surface area contributed by atoms with Crippen molar-refractivity contribution in [2.45, 2.75) is 70.9 Å². The Morgan fingerprint density at radius 3 is 2.12 bits per heavy atom. The maximum absolute atomic E-state index is 13.4. The van der Waals surface area contributed by atoms with Gasteiger partial charge in [0.05, 0.1) is 30.8 Å². The molecule has 0 saturated carbocycles. The SMILES string of the molecule is Cc1cccc(C)c1-c1cc(OC(CNC(=O)OC(C)(C)C)c2ccc([Si](C)(C)C)cc2)nc(NS(=O)(=O)c2cccc(C(=O)O)c2)n1. The van der Waals surface area contributed by atoms with Gasteiger partial charge in [-0.1, -0.05) is 73.4 Å². The van der Waals surface area contributed by atoms with Crippen LogP contribution < -0.4 is 20.0 Å². The second kappa shape index (κ2) is 14.2. The van der Waals surface area contributed by atoms with Crippen LogP contribution in [0.1, 0.15) is 53.9 Å². The molecule has 0 aliphatic heterocycles. The molecule has 0 radical (unpaired) electrons. The molecule has 1 aromatic heterocycles. The highest BCUT2D eigenvalue weighted by molar-refractivity contribution is 7.92. The number of anilines is 1. The van der Waals surface area contributed by atoms with Gasteiger partial charge in [-0.2, -0.15) is 4.98 Å². The first-order valence-corrected chi connectivity index (χ1v) is 20.4. The molecule has 0 spiro atoms. The van der Waals surface area contributed by atoms with E-state index in [-0.39, 0.29) is 28.8 Å². The standard InChI is InChI=1S/C35H42N4O7SSi/c1-22-11-9-12-23(2)31(22)28-20-30(38-33(37-28)39-47(43,44)26-14-10-13-25(19-26)32(40)41)45-29(21-36-34(42)46-35(3,4)5)24-15-17-27(18-16-24)48(6,7)8/h9-20,29H,21H2,1-8H3,(H,36,42)(H,40,41)(H,37,38,39). The summed E-state index contributed by atoms with van der Waals surface area (Å²) < 4.78 is 41.1. The monoisotopic (exact) mass is 690 g/mol. The summed E-state index contributed by atoms with van der Waals surface area (Å²) in [6.07, 6.45) is -1.36. The van der Waals surface area contributed by atoms with Gasteiger partial charge in [0.25, 0.3) is 10.0 Å². The molecule has 0 aliphatic rings. The van der Waals surface area contributed by atoms with E-state index in [9.17, 15) is 23.1 Å². The molecule has 0 aliphatic carbocycles. The van der Waals surface area contributed by atoms with E-state index in [1.54, 1.807) is 26.8 Å². The molecule has 4 aromatic rings. The number of hydrogen-bond acceptors (Lipinski definition) is 8. The molecule has 0 fully saturated rings. The summed E-state index contributed by atoms with van der Waals surface area (Å²) >= 11 is 0. The normalized spacial score (nSPS) is 12.6. The third-order valence-corrected chi connectivity index (χ3v) is 10.7. The van der Waals surface area contributed by atoms with Gasteiger partial charge >= 0.3 is 12.1 Å². The molecule has 48 heavy (non-hydrogen) atoms. The van der Waals surface area contributed by atoms with Crippen molar-refractivity contribution in [3.63, 3.8) is 0 Å². The number of sulfonamides is 1. The lowest BCUT2D eigenvalue weighted by molar-refractivity contribution is 0.0498. The van der Waals surface area contributed by atoms with E-state index in [0.29, 0.717) is 5.69 Å². The van der Waals surface area contributed by atoms with Crippen LogP contribution in [0.5, 0.6) is 5.88 Å². The van der Waals surface area contributed by atoms with Crippen molar-refractivity contribution in [2.24, 2.45) is 0 Å². The third-order valence-electron chi connectivity index (χ3n) is 7.30. The van der Waals surface area contributed by atoms with Gasteiger partial charge in [-0.05, 0) is 69.5 Å². The second-order valence-corrected chi connectivity index (χ2v) is 20.2. The van der Waals surface area contributed by atoms with E-state index in [1.165, 1.54) is 23.4 Å². The van der Waals surface area contributed by atoms with Gasteiger partial charge in [0.15, 0.2) is 0 Å². The molecule has 1 atom stereocenters. The van der Waals surface area contributed by atoms with E-state index >= 15 is 0 Å². The number of ether oxygens (including phenoxy) is 2. The Bertz CT molecular complexity index is 1900. The summed E-state index contributed by atoms with van der Waals surface area (Å²) in [6.45, 7) is 15.9. The van der Waals surface area contributed by atoms with Gasteiger partial charge in [0, 0.05) is 11.6 Å². The number of nitrogens with zero attached hydrogens (tertiary/aromatic N) is 2. The number of carboxylic acids is 1. The minimum Gasteiger partial charge on any atom is -0.478 e. The van der Waals surface area contributed by atoms with Crippen LogP contribution in [0.2, 0.25) is 19.6 Å². The van der Waals surface area contributed by atoms with Crippen molar-refractivity contribution >= 4 is 41.3 Å². The number of aromatic nitrogens is 2. The molecule has 254 valence electrons. The number of alkyl carbamates (subject to hydrolysis) is 1. The molecule has 11 nitrogen and oxygen atoms in total. The average molecular weight is 691 g/mol. The van der Waals surface area contributed by atoms with Crippen molar-refractivity contribution in [3.05, 3.63) is 95.1 Å². The molecular weight excluding hydrogens is 649 g/mol. The molecule has 13 heteroatoms. The first-order valence-electron chi connectivity index (χ1n) is 15.4. The van der Waals surface area contributed by atoms with Crippen LogP contribution in [0.15, 0.2) is 77.7 Å². The number of benzene rings is 3. The number of carbonyl (C=O) groups is 2. The lowest BCUT2D eigenvalue weighted by Crippen LogP contribution is -2.38. The van der Waals surface area contributed by atoms with Crippen molar-refractivity contribution in [1.82, 2.24) is 15.3 Å². The topological polar surface area (TPSA) is 157 Å². The Balaban J connectivity index is 1.78. The zero-order valence-corrected chi connectivity index (χ0v) is 30.2. The first kappa shape index (κ1) is 36.1. The first-order chi connectivity index (χ1) is 22.3. The van der Waals surface area contributed by atoms with Crippen LogP contribution in [-0.2, 0) is 14.8 Å². The van der Waals surface area contributed by atoms with Gasteiger partial charge in [0.1, 0.15) is 11.7 Å². The number of carboxylic acid groups (broad SMARTS) is 1. The van der Waals surface area contributed by atoms with Crippen molar-refractivity contribution in [3.8, 4) is 17.1 Å². The Kier molecular flexibility index (Phi) is 10.6. The highest BCUT2D eigenvalue weighted by atomic mass is 32.2. The van der Waals surface area contributed by atoms with Crippen molar-refractivity contribution in [2.75, 3.05) is 11.3 Å². The average Bonchev–Trinajstić information content (AvgIpc) is 2.98. The minimum absolute atomic E-state index is 0.0208. The van der Waals surface area contributed by atoms with Gasteiger partial charge in [-0.25, -0.2) is 27.7 Å². The van der Waals surface area contributed by atoms with Crippen molar-refractivity contribution in [1.29, 1.82) is 0 Å². The Morgan fingerprint density at radius 2 is 1.54 bits per heavy atom. The number of rotatable bonds is 11. The van der Waals surface area contributed by atoms with E-state index in [2.05, 4.69) is 51.8 Å². The molecule has 1 amide bonds. The van der Waals surface area contributed by atoms with Gasteiger partial charge in [-0.3, -0.25) is 0 Å². The molecule has 4 rings (SSSR count). The highest BCUT2D eigenvalue weighted by Gasteiger charge is 2.24. The second-order valence-electron chi connectivity index (χ2n) is 13.5. The quantitative estimate of drug-likeness (QED) is 0.151. The summed E-state index contributed by atoms with van der Waals surface area (Å²) in [5.74, 6) is -1.50. The summed E-state index contributed by atoms with van der Waals surface area (Å²) in [6, 6.07) is 20.3. The lowest BCUT2D eigenvalue weighted by atomic mass is 10.00. The Labute approximate surface area is 282 Å². The maximum Gasteiger partial charge on any atom is 0.407 e. The van der Waals surface area contributed by atoms with Crippen LogP contribution >= 0.6 is 0 Å². The highest BCUT2D eigenvalue weighted by Crippen LogP contribution is 2.31. The molecule has 3 N–H and O–H groups in total. The summed E-state index contributed by atoms with van der Waals surface area (Å²) in [5.41, 5.74) is 2.82. The number of aromatic carboxylic acids is 1. The summed E-state index contributed by atoms with van der Waals surface area (Å²) in [7, 11) is -5.91. The van der Waals surface area contributed by atoms with Crippen LogP contribution in [0, 0.1) is 13.8 Å². The van der Waals surface area contributed by atoms with Gasteiger partial charge < -0.3 is 19.9 Å². The van der Waals surface area contributed by atoms with E-state index in [4.69, 9.17) is 9.47 Å². The van der Waals surface area contributed by atoms with E-state index in [0.717, 1.165) is 28.3 Å². The van der Waals surface area contributed by atoms with Crippen molar-refractivity contribution < 1.29 is 32.6 Å². The summed E-state index contributed by atoms with van der Waals surface area (Å²) in [5, 5.41) is 13.4. The predicted octanol–water partition coefficient (Wildman–Crippen LogP) is 6.45. The fourth-order valence-electron chi connectivity index (χ4n) is 4.91. The Hall–Kier alpha value is -4.75. The molecule has 1 unspecified atom stereocenters. The van der Waals surface area contributed by atoms with Gasteiger partial charge in [0.2, 0.25) is 11.8 Å². The number of hydrogen-bond donors (Lipinski definition) is 3.